The zero-order valence-corrected chi connectivity index (χ0v) is 17.8. The van der Waals surface area contributed by atoms with Crippen molar-refractivity contribution in [1.29, 1.82) is 0 Å². The van der Waals surface area contributed by atoms with Gasteiger partial charge in [0.15, 0.2) is 0 Å². The molecule has 1 N–H and O–H groups in total. The Kier molecular flexibility index (Phi) is 7.06. The first-order valence-corrected chi connectivity index (χ1v) is 11.1. The van der Waals surface area contributed by atoms with Crippen LogP contribution in [-0.2, 0) is 14.8 Å². The molecule has 0 fully saturated rings. The van der Waals surface area contributed by atoms with Gasteiger partial charge in [-0.05, 0) is 55.7 Å². The van der Waals surface area contributed by atoms with Gasteiger partial charge in [-0.15, -0.1) is 0 Å². The highest BCUT2D eigenvalue weighted by molar-refractivity contribution is 7.92. The summed E-state index contributed by atoms with van der Waals surface area (Å²) >= 11 is 6.06. The standard InChI is InChI=1S/C20H24ClFN2O3S/c1-5-18(20(25)23-14(3)15-7-10-17(22)11-8-15)24(28(4,26)27)19-12-16(21)9-6-13(19)2/h6-12,14,18H,5H2,1-4H3,(H,23,25)/t14-,18-/m0/s1. The molecule has 2 atom stereocenters. The molecule has 0 aliphatic rings. The average molecular weight is 427 g/mol. The smallest absolute Gasteiger partial charge is 0.244 e. The number of sulfonamides is 1. The van der Waals surface area contributed by atoms with Gasteiger partial charge < -0.3 is 5.32 Å². The number of nitrogens with one attached hydrogen (secondary N) is 1. The SMILES string of the molecule is CC[C@@H](C(=O)N[C@@H](C)c1ccc(F)cc1)N(c1cc(Cl)ccc1C)S(C)(=O)=O. The second-order valence-electron chi connectivity index (χ2n) is 6.70. The van der Waals surface area contributed by atoms with Crippen molar-refractivity contribution in [2.24, 2.45) is 0 Å². The number of rotatable bonds is 7. The largest absolute Gasteiger partial charge is 0.348 e. The minimum atomic E-state index is -3.76. The van der Waals surface area contributed by atoms with Crippen LogP contribution in [0.5, 0.6) is 0 Å². The van der Waals surface area contributed by atoms with E-state index < -0.39 is 28.0 Å². The predicted molar refractivity (Wildman–Crippen MR) is 111 cm³/mol. The van der Waals surface area contributed by atoms with Gasteiger partial charge in [0.25, 0.3) is 0 Å². The van der Waals surface area contributed by atoms with E-state index in [9.17, 15) is 17.6 Å². The summed E-state index contributed by atoms with van der Waals surface area (Å²) in [6.45, 7) is 5.26. The zero-order valence-electron chi connectivity index (χ0n) is 16.2. The quantitative estimate of drug-likeness (QED) is 0.721. The Morgan fingerprint density at radius 3 is 2.36 bits per heavy atom. The molecule has 2 aromatic rings. The monoisotopic (exact) mass is 426 g/mol. The normalized spacial score (nSPS) is 13.6. The Bertz CT molecular complexity index is 948. The van der Waals surface area contributed by atoms with Gasteiger partial charge in [0.1, 0.15) is 11.9 Å². The first-order valence-electron chi connectivity index (χ1n) is 8.86. The fourth-order valence-corrected chi connectivity index (χ4v) is 4.43. The lowest BCUT2D eigenvalue weighted by Crippen LogP contribution is -2.50. The van der Waals surface area contributed by atoms with Gasteiger partial charge in [-0.2, -0.15) is 0 Å². The van der Waals surface area contributed by atoms with E-state index in [0.29, 0.717) is 16.3 Å². The lowest BCUT2D eigenvalue weighted by atomic mass is 10.1. The molecule has 0 aromatic heterocycles. The Labute approximate surface area is 170 Å². The topological polar surface area (TPSA) is 66.5 Å². The number of anilines is 1. The molecule has 2 rings (SSSR count). The van der Waals surface area contributed by atoms with Gasteiger partial charge >= 0.3 is 0 Å². The summed E-state index contributed by atoms with van der Waals surface area (Å²) in [5.74, 6) is -0.808. The van der Waals surface area contributed by atoms with Crippen LogP contribution in [0.25, 0.3) is 0 Å². The van der Waals surface area contributed by atoms with Crippen LogP contribution in [-0.4, -0.2) is 26.6 Å². The number of carbonyl (C=O) groups excluding carboxylic acids is 1. The fourth-order valence-electron chi connectivity index (χ4n) is 3.00. The first kappa shape index (κ1) is 22.2. The number of hydrogen-bond acceptors (Lipinski definition) is 3. The number of halogens is 2. The minimum Gasteiger partial charge on any atom is -0.348 e. The third-order valence-electron chi connectivity index (χ3n) is 4.47. The van der Waals surface area contributed by atoms with Crippen LogP contribution in [0.3, 0.4) is 0 Å². The number of hydrogen-bond donors (Lipinski definition) is 1. The van der Waals surface area contributed by atoms with Crippen LogP contribution in [0.15, 0.2) is 42.5 Å². The van der Waals surface area contributed by atoms with Crippen molar-refractivity contribution in [3.63, 3.8) is 0 Å². The van der Waals surface area contributed by atoms with E-state index in [1.165, 1.54) is 18.2 Å². The van der Waals surface area contributed by atoms with Crippen molar-refractivity contribution in [1.82, 2.24) is 5.32 Å². The molecule has 0 spiro atoms. The summed E-state index contributed by atoms with van der Waals surface area (Å²) in [5, 5.41) is 3.20. The highest BCUT2D eigenvalue weighted by Crippen LogP contribution is 2.29. The van der Waals surface area contributed by atoms with E-state index in [-0.39, 0.29) is 12.2 Å². The molecule has 0 aliphatic heterocycles. The number of carbonyl (C=O) groups is 1. The second-order valence-corrected chi connectivity index (χ2v) is 8.99. The maximum Gasteiger partial charge on any atom is 0.244 e. The van der Waals surface area contributed by atoms with Gasteiger partial charge in [-0.1, -0.05) is 36.7 Å². The third-order valence-corrected chi connectivity index (χ3v) is 5.87. The number of amides is 1. The Balaban J connectivity index is 2.36. The van der Waals surface area contributed by atoms with Gasteiger partial charge in [0.05, 0.1) is 18.0 Å². The molecule has 2 aromatic carbocycles. The van der Waals surface area contributed by atoms with Gasteiger partial charge in [0, 0.05) is 5.02 Å². The van der Waals surface area contributed by atoms with Crippen LogP contribution in [0.4, 0.5) is 10.1 Å². The zero-order chi connectivity index (χ0) is 21.1. The summed E-state index contributed by atoms with van der Waals surface area (Å²) < 4.78 is 39.3. The second kappa shape index (κ2) is 8.92. The van der Waals surface area contributed by atoms with Crippen LogP contribution in [0.2, 0.25) is 5.02 Å². The van der Waals surface area contributed by atoms with Crippen LogP contribution in [0.1, 0.15) is 37.4 Å². The number of nitrogens with zero attached hydrogens (tertiary/aromatic N) is 1. The fraction of sp³-hybridized carbons (Fsp3) is 0.350. The predicted octanol–water partition coefficient (Wildman–Crippen LogP) is 4.21. The van der Waals surface area contributed by atoms with E-state index in [1.54, 1.807) is 45.0 Å². The van der Waals surface area contributed by atoms with Gasteiger partial charge in [0.2, 0.25) is 15.9 Å². The van der Waals surface area contributed by atoms with Crippen LogP contribution in [0, 0.1) is 12.7 Å². The summed E-state index contributed by atoms with van der Waals surface area (Å²) in [6.07, 6.45) is 1.33. The molecule has 0 unspecified atom stereocenters. The summed E-state index contributed by atoms with van der Waals surface area (Å²) in [4.78, 5) is 13.0. The highest BCUT2D eigenvalue weighted by Gasteiger charge is 2.33. The molecule has 0 bridgehead atoms. The maximum absolute atomic E-state index is 13.1. The van der Waals surface area contributed by atoms with Crippen molar-refractivity contribution in [2.75, 3.05) is 10.6 Å². The number of aryl methyl sites for hydroxylation is 1. The molecule has 152 valence electrons. The minimum absolute atomic E-state index is 0.265. The molecule has 5 nitrogen and oxygen atoms in total. The summed E-state index contributed by atoms with van der Waals surface area (Å²) in [5.41, 5.74) is 1.77. The molecular weight excluding hydrogens is 403 g/mol. The molecule has 28 heavy (non-hydrogen) atoms. The van der Waals surface area contributed by atoms with Crippen molar-refractivity contribution in [2.45, 2.75) is 39.3 Å². The first-order chi connectivity index (χ1) is 13.0. The van der Waals surface area contributed by atoms with Gasteiger partial charge in [-0.25, -0.2) is 12.8 Å². The van der Waals surface area contributed by atoms with Crippen LogP contribution < -0.4 is 9.62 Å². The molecule has 0 saturated heterocycles. The molecule has 8 heteroatoms. The van der Waals surface area contributed by atoms with Gasteiger partial charge in [-0.3, -0.25) is 9.10 Å². The van der Waals surface area contributed by atoms with E-state index >= 15 is 0 Å². The molecule has 0 saturated carbocycles. The Morgan fingerprint density at radius 1 is 1.21 bits per heavy atom. The average Bonchev–Trinajstić information content (AvgIpc) is 2.61. The number of benzene rings is 2. The lowest BCUT2D eigenvalue weighted by Gasteiger charge is -2.32. The van der Waals surface area contributed by atoms with E-state index in [2.05, 4.69) is 5.32 Å². The summed E-state index contributed by atoms with van der Waals surface area (Å²) in [7, 11) is -3.76. The van der Waals surface area contributed by atoms with Crippen molar-refractivity contribution >= 4 is 33.2 Å². The molecule has 0 aliphatic carbocycles. The highest BCUT2D eigenvalue weighted by atomic mass is 35.5. The third kappa shape index (κ3) is 5.23. The molecular formula is C20H24ClFN2O3S. The van der Waals surface area contributed by atoms with Crippen LogP contribution >= 0.6 is 11.6 Å². The van der Waals surface area contributed by atoms with E-state index in [1.807, 2.05) is 0 Å². The van der Waals surface area contributed by atoms with Crippen molar-refractivity contribution < 1.29 is 17.6 Å². The molecule has 1 amide bonds. The Morgan fingerprint density at radius 2 is 1.82 bits per heavy atom. The lowest BCUT2D eigenvalue weighted by molar-refractivity contribution is -0.122. The van der Waals surface area contributed by atoms with Crippen molar-refractivity contribution in [3.05, 3.63) is 64.4 Å². The van der Waals surface area contributed by atoms with E-state index in [4.69, 9.17) is 11.6 Å². The van der Waals surface area contributed by atoms with Crippen molar-refractivity contribution in [3.8, 4) is 0 Å². The molecule has 0 heterocycles. The Hall–Kier alpha value is -2.12. The van der Waals surface area contributed by atoms with E-state index in [0.717, 1.165) is 16.1 Å². The summed E-state index contributed by atoms with van der Waals surface area (Å²) in [6, 6.07) is 9.34. The maximum atomic E-state index is 13.1. The molecule has 0 radical (unpaired) electrons.